The summed E-state index contributed by atoms with van der Waals surface area (Å²) < 4.78 is 9.90. The number of esters is 2. The van der Waals surface area contributed by atoms with Crippen LogP contribution >= 0.6 is 0 Å². The SMILES string of the molecule is O=C(NCCCOC(=O)/C=C/C(=O)OCCCNC(=O)Nc1ccccc1)Nc1ccccc1. The Morgan fingerprint density at radius 1 is 0.618 bits per heavy atom. The van der Waals surface area contributed by atoms with Crippen molar-refractivity contribution in [2.75, 3.05) is 36.9 Å². The van der Waals surface area contributed by atoms with Crippen LogP contribution in [0.1, 0.15) is 12.8 Å². The van der Waals surface area contributed by atoms with Gasteiger partial charge in [-0.25, -0.2) is 19.2 Å². The molecule has 34 heavy (non-hydrogen) atoms. The maximum atomic E-state index is 11.7. The van der Waals surface area contributed by atoms with E-state index in [4.69, 9.17) is 9.47 Å². The Morgan fingerprint density at radius 3 is 1.38 bits per heavy atom. The van der Waals surface area contributed by atoms with Crippen molar-refractivity contribution in [1.82, 2.24) is 10.6 Å². The number of benzene rings is 2. The lowest BCUT2D eigenvalue weighted by atomic mass is 10.3. The zero-order chi connectivity index (χ0) is 24.4. The van der Waals surface area contributed by atoms with E-state index < -0.39 is 11.9 Å². The molecule has 4 amide bonds. The van der Waals surface area contributed by atoms with Crippen LogP contribution < -0.4 is 21.3 Å². The van der Waals surface area contributed by atoms with Crippen LogP contribution in [-0.2, 0) is 19.1 Å². The first kappa shape index (κ1) is 25.9. The molecule has 0 heterocycles. The van der Waals surface area contributed by atoms with Crippen LogP contribution in [0.15, 0.2) is 72.8 Å². The number of amides is 4. The molecule has 0 aliphatic heterocycles. The van der Waals surface area contributed by atoms with Crippen LogP contribution in [0, 0.1) is 0 Å². The van der Waals surface area contributed by atoms with Gasteiger partial charge in [-0.05, 0) is 37.1 Å². The van der Waals surface area contributed by atoms with Gasteiger partial charge in [-0.3, -0.25) is 0 Å². The first-order valence-electron chi connectivity index (χ1n) is 10.7. The van der Waals surface area contributed by atoms with Gasteiger partial charge in [0.1, 0.15) is 0 Å². The van der Waals surface area contributed by atoms with Crippen molar-refractivity contribution in [3.05, 3.63) is 72.8 Å². The number of hydrogen-bond acceptors (Lipinski definition) is 6. The van der Waals surface area contributed by atoms with Crippen LogP contribution in [0.2, 0.25) is 0 Å². The maximum absolute atomic E-state index is 11.7. The molecule has 2 aromatic carbocycles. The van der Waals surface area contributed by atoms with Gasteiger partial charge in [-0.2, -0.15) is 0 Å². The number of para-hydroxylation sites is 2. The van der Waals surface area contributed by atoms with Crippen molar-refractivity contribution in [2.24, 2.45) is 0 Å². The third-order valence-electron chi connectivity index (χ3n) is 4.12. The van der Waals surface area contributed by atoms with Gasteiger partial charge in [-0.15, -0.1) is 0 Å². The van der Waals surface area contributed by atoms with Gasteiger partial charge >= 0.3 is 24.0 Å². The second-order valence-electron chi connectivity index (χ2n) is 6.87. The van der Waals surface area contributed by atoms with Gasteiger partial charge in [0.2, 0.25) is 0 Å². The van der Waals surface area contributed by atoms with Gasteiger partial charge in [-0.1, -0.05) is 36.4 Å². The second kappa shape index (κ2) is 15.5. The molecule has 4 N–H and O–H groups in total. The van der Waals surface area contributed by atoms with E-state index in [1.165, 1.54) is 0 Å². The average Bonchev–Trinajstić information content (AvgIpc) is 2.83. The quantitative estimate of drug-likeness (QED) is 0.215. The number of rotatable bonds is 12. The zero-order valence-electron chi connectivity index (χ0n) is 18.6. The number of anilines is 2. The molecule has 10 nitrogen and oxygen atoms in total. The third kappa shape index (κ3) is 11.9. The highest BCUT2D eigenvalue weighted by atomic mass is 16.5. The molecule has 0 radical (unpaired) electrons. The molecular formula is C24H28N4O6. The number of hydrogen-bond donors (Lipinski definition) is 4. The Balaban J connectivity index is 1.46. The lowest BCUT2D eigenvalue weighted by molar-refractivity contribution is -0.140. The zero-order valence-corrected chi connectivity index (χ0v) is 18.6. The first-order chi connectivity index (χ1) is 16.5. The molecule has 0 spiro atoms. The minimum Gasteiger partial charge on any atom is -0.462 e. The van der Waals surface area contributed by atoms with Crippen molar-refractivity contribution < 1.29 is 28.7 Å². The van der Waals surface area contributed by atoms with Gasteiger partial charge in [0, 0.05) is 36.6 Å². The van der Waals surface area contributed by atoms with Crippen LogP contribution in [0.4, 0.5) is 21.0 Å². The highest BCUT2D eigenvalue weighted by Crippen LogP contribution is 2.04. The van der Waals surface area contributed by atoms with Crippen LogP contribution in [0.5, 0.6) is 0 Å². The van der Waals surface area contributed by atoms with Crippen molar-refractivity contribution in [1.29, 1.82) is 0 Å². The number of carbonyl (C=O) groups is 4. The molecule has 0 saturated heterocycles. The van der Waals surface area contributed by atoms with E-state index in [1.807, 2.05) is 36.4 Å². The predicted molar refractivity (Wildman–Crippen MR) is 127 cm³/mol. The van der Waals surface area contributed by atoms with Crippen LogP contribution in [0.25, 0.3) is 0 Å². The van der Waals surface area contributed by atoms with E-state index in [1.54, 1.807) is 24.3 Å². The van der Waals surface area contributed by atoms with Crippen molar-refractivity contribution in [2.45, 2.75) is 12.8 Å². The number of urea groups is 2. The molecule has 180 valence electrons. The molecule has 10 heteroatoms. The minimum absolute atomic E-state index is 0.0839. The Kier molecular flexibility index (Phi) is 11.8. The fraction of sp³-hybridized carbons (Fsp3) is 0.250. The minimum atomic E-state index is -0.690. The van der Waals surface area contributed by atoms with E-state index in [0.717, 1.165) is 12.2 Å². The smallest absolute Gasteiger partial charge is 0.331 e. The van der Waals surface area contributed by atoms with Gasteiger partial charge in [0.25, 0.3) is 0 Å². The monoisotopic (exact) mass is 468 g/mol. The lowest BCUT2D eigenvalue weighted by Crippen LogP contribution is -2.30. The molecule has 2 aromatic rings. The molecule has 2 rings (SSSR count). The number of ether oxygens (including phenoxy) is 2. The van der Waals surface area contributed by atoms with Gasteiger partial charge < -0.3 is 30.7 Å². The molecule has 0 saturated carbocycles. The fourth-order valence-electron chi connectivity index (χ4n) is 2.52. The summed E-state index contributed by atoms with van der Waals surface area (Å²) in [7, 11) is 0. The number of carbonyl (C=O) groups excluding carboxylic acids is 4. The summed E-state index contributed by atoms with van der Waals surface area (Å²) in [6.45, 7) is 0.797. The standard InChI is InChI=1S/C24H28N4O6/c29-21(33-17-7-15-25-23(31)27-19-9-3-1-4-10-19)13-14-22(30)34-18-8-16-26-24(32)28-20-11-5-2-6-12-20/h1-6,9-14H,7-8,15-18H2,(H2,25,27,31)(H2,26,28,32)/b14-13+. The second-order valence-corrected chi connectivity index (χ2v) is 6.87. The average molecular weight is 469 g/mol. The highest BCUT2D eigenvalue weighted by Gasteiger charge is 2.04. The van der Waals surface area contributed by atoms with E-state index in [-0.39, 0.29) is 25.3 Å². The Bertz CT molecular complexity index is 873. The summed E-state index contributed by atoms with van der Waals surface area (Å²) in [5, 5.41) is 10.6. The van der Waals surface area contributed by atoms with Crippen molar-refractivity contribution in [3.8, 4) is 0 Å². The Hall–Kier alpha value is -4.34. The largest absolute Gasteiger partial charge is 0.462 e. The summed E-state index contributed by atoms with van der Waals surface area (Å²) in [5.74, 6) is -1.38. The molecule has 0 bridgehead atoms. The fourth-order valence-corrected chi connectivity index (χ4v) is 2.52. The summed E-state index contributed by atoms with van der Waals surface area (Å²) in [6, 6.07) is 17.3. The predicted octanol–water partition coefficient (Wildman–Crippen LogP) is 3.05. The molecule has 0 aliphatic rings. The summed E-state index contributed by atoms with van der Waals surface area (Å²) in [5.41, 5.74) is 1.35. The molecule has 0 aromatic heterocycles. The van der Waals surface area contributed by atoms with E-state index in [9.17, 15) is 19.2 Å². The molecule has 0 atom stereocenters. The van der Waals surface area contributed by atoms with E-state index in [2.05, 4.69) is 21.3 Å². The lowest BCUT2D eigenvalue weighted by Gasteiger charge is -2.07. The van der Waals surface area contributed by atoms with Gasteiger partial charge in [0.15, 0.2) is 0 Å². The maximum Gasteiger partial charge on any atom is 0.331 e. The van der Waals surface area contributed by atoms with Crippen molar-refractivity contribution in [3.63, 3.8) is 0 Å². The summed E-state index contributed by atoms with van der Waals surface area (Å²) in [6.07, 6.45) is 2.78. The third-order valence-corrected chi connectivity index (χ3v) is 4.12. The summed E-state index contributed by atoms with van der Waals surface area (Å²) >= 11 is 0. The van der Waals surface area contributed by atoms with Gasteiger partial charge in [0.05, 0.1) is 13.2 Å². The first-order valence-corrected chi connectivity index (χ1v) is 10.7. The van der Waals surface area contributed by atoms with Crippen LogP contribution in [-0.4, -0.2) is 50.3 Å². The Labute approximate surface area is 197 Å². The highest BCUT2D eigenvalue weighted by molar-refractivity contribution is 5.92. The molecule has 0 fully saturated rings. The summed E-state index contributed by atoms with van der Waals surface area (Å²) in [4.78, 5) is 46.6. The molecule has 0 unspecified atom stereocenters. The molecule has 0 aliphatic carbocycles. The van der Waals surface area contributed by atoms with Crippen molar-refractivity contribution >= 4 is 35.4 Å². The Morgan fingerprint density at radius 2 is 1.00 bits per heavy atom. The van der Waals surface area contributed by atoms with E-state index in [0.29, 0.717) is 37.3 Å². The van der Waals surface area contributed by atoms with E-state index >= 15 is 0 Å². The number of nitrogens with one attached hydrogen (secondary N) is 4. The van der Waals surface area contributed by atoms with Crippen LogP contribution in [0.3, 0.4) is 0 Å². The molecular weight excluding hydrogens is 440 g/mol. The topological polar surface area (TPSA) is 135 Å². The normalized spacial score (nSPS) is 10.2.